The lowest BCUT2D eigenvalue weighted by Gasteiger charge is -2.33. The largest absolute Gasteiger partial charge is 0.339 e. The van der Waals surface area contributed by atoms with E-state index >= 15 is 0 Å². The molecule has 1 saturated heterocycles. The summed E-state index contributed by atoms with van der Waals surface area (Å²) in [5, 5.41) is 0. The van der Waals surface area contributed by atoms with Crippen LogP contribution in [0.3, 0.4) is 0 Å². The van der Waals surface area contributed by atoms with Gasteiger partial charge in [-0.1, -0.05) is 19.8 Å². The monoisotopic (exact) mass is 224 g/mol. The third kappa shape index (κ3) is 2.32. The van der Waals surface area contributed by atoms with Gasteiger partial charge in [0.1, 0.15) is 0 Å². The van der Waals surface area contributed by atoms with Gasteiger partial charge in [0.15, 0.2) is 0 Å². The van der Waals surface area contributed by atoms with Crippen LogP contribution in [0.25, 0.3) is 0 Å². The summed E-state index contributed by atoms with van der Waals surface area (Å²) >= 11 is 0. The average molecular weight is 224 g/mol. The maximum Gasteiger partial charge on any atom is 0.208 e. The Bertz CT molecular complexity index is 251. The zero-order valence-corrected chi connectivity index (χ0v) is 10.3. The van der Waals surface area contributed by atoms with Crippen LogP contribution in [-0.2, 0) is 0 Å². The Labute approximate surface area is 98.3 Å². The number of hydrazine groups is 1. The fourth-order valence-electron chi connectivity index (χ4n) is 3.11. The van der Waals surface area contributed by atoms with E-state index in [-0.39, 0.29) is 0 Å². The van der Waals surface area contributed by atoms with Gasteiger partial charge >= 0.3 is 0 Å². The average Bonchev–Trinajstić information content (AvgIpc) is 2.75. The van der Waals surface area contributed by atoms with Gasteiger partial charge in [0, 0.05) is 19.1 Å². The molecule has 3 N–H and O–H groups in total. The fourth-order valence-corrected chi connectivity index (χ4v) is 3.11. The van der Waals surface area contributed by atoms with E-state index in [1.165, 1.54) is 32.1 Å². The van der Waals surface area contributed by atoms with Crippen molar-refractivity contribution in [2.75, 3.05) is 13.1 Å². The molecule has 4 heteroatoms. The predicted octanol–water partition coefficient (Wildman–Crippen LogP) is 1.48. The number of fused-ring (bicyclic) bond motifs is 1. The highest BCUT2D eigenvalue weighted by molar-refractivity contribution is 5.80. The zero-order chi connectivity index (χ0) is 11.4. The highest BCUT2D eigenvalue weighted by Crippen LogP contribution is 2.35. The predicted molar refractivity (Wildman–Crippen MR) is 67.0 cm³/mol. The number of nitrogens with one attached hydrogen (secondary N) is 1. The van der Waals surface area contributed by atoms with Crippen molar-refractivity contribution in [3.05, 3.63) is 0 Å². The van der Waals surface area contributed by atoms with E-state index in [1.54, 1.807) is 0 Å². The Morgan fingerprint density at radius 1 is 1.38 bits per heavy atom. The van der Waals surface area contributed by atoms with Crippen LogP contribution in [0.1, 0.15) is 45.4 Å². The lowest BCUT2D eigenvalue weighted by Crippen LogP contribution is -2.48. The SMILES string of the molecule is CCCN=C(NN)N1CCC2CCCCC21. The number of guanidine groups is 1. The first-order valence-corrected chi connectivity index (χ1v) is 6.64. The fraction of sp³-hybridized carbons (Fsp3) is 0.917. The second kappa shape index (κ2) is 5.53. The van der Waals surface area contributed by atoms with E-state index in [4.69, 9.17) is 5.84 Å². The summed E-state index contributed by atoms with van der Waals surface area (Å²) in [6.45, 7) is 4.14. The van der Waals surface area contributed by atoms with Crippen LogP contribution in [-0.4, -0.2) is 30.0 Å². The molecule has 2 aliphatic rings. The topological polar surface area (TPSA) is 53.6 Å². The second-order valence-corrected chi connectivity index (χ2v) is 4.94. The van der Waals surface area contributed by atoms with Gasteiger partial charge in [0.05, 0.1) is 0 Å². The molecule has 1 aliphatic carbocycles. The molecule has 0 aromatic carbocycles. The van der Waals surface area contributed by atoms with E-state index in [1.807, 2.05) is 0 Å². The quantitative estimate of drug-likeness (QED) is 0.323. The minimum Gasteiger partial charge on any atom is -0.339 e. The standard InChI is InChI=1S/C12H24N4/c1-2-8-14-12(15-13)16-9-7-10-5-3-4-6-11(10)16/h10-11H,2-9,13H2,1H3,(H,14,15). The third-order valence-corrected chi connectivity index (χ3v) is 3.90. The minimum atomic E-state index is 0.695. The van der Waals surface area contributed by atoms with Gasteiger partial charge in [-0.2, -0.15) is 0 Å². The van der Waals surface area contributed by atoms with Gasteiger partial charge in [-0.3, -0.25) is 10.4 Å². The van der Waals surface area contributed by atoms with Crippen molar-refractivity contribution >= 4 is 5.96 Å². The van der Waals surface area contributed by atoms with Crippen LogP contribution >= 0.6 is 0 Å². The molecule has 0 aromatic rings. The number of aliphatic imine (C=N–C) groups is 1. The van der Waals surface area contributed by atoms with E-state index in [9.17, 15) is 0 Å². The number of likely N-dealkylation sites (tertiary alicyclic amines) is 1. The van der Waals surface area contributed by atoms with Crippen molar-refractivity contribution in [2.45, 2.75) is 51.5 Å². The van der Waals surface area contributed by atoms with Crippen molar-refractivity contribution in [1.29, 1.82) is 0 Å². The zero-order valence-electron chi connectivity index (χ0n) is 10.3. The van der Waals surface area contributed by atoms with Gasteiger partial charge in [0.2, 0.25) is 5.96 Å². The number of hydrogen-bond donors (Lipinski definition) is 2. The molecule has 0 bridgehead atoms. The molecule has 2 atom stereocenters. The molecule has 4 nitrogen and oxygen atoms in total. The maximum absolute atomic E-state index is 5.59. The Morgan fingerprint density at radius 3 is 2.94 bits per heavy atom. The molecular weight excluding hydrogens is 200 g/mol. The lowest BCUT2D eigenvalue weighted by atomic mass is 9.85. The molecule has 0 aromatic heterocycles. The van der Waals surface area contributed by atoms with Crippen molar-refractivity contribution in [1.82, 2.24) is 10.3 Å². The smallest absolute Gasteiger partial charge is 0.208 e. The van der Waals surface area contributed by atoms with Crippen LogP contribution in [0, 0.1) is 5.92 Å². The van der Waals surface area contributed by atoms with E-state index in [0.717, 1.165) is 31.4 Å². The van der Waals surface area contributed by atoms with Crippen LogP contribution in [0.4, 0.5) is 0 Å². The van der Waals surface area contributed by atoms with E-state index in [2.05, 4.69) is 22.2 Å². The molecule has 92 valence electrons. The Kier molecular flexibility index (Phi) is 4.04. The van der Waals surface area contributed by atoms with Gasteiger partial charge < -0.3 is 4.90 Å². The van der Waals surface area contributed by atoms with Crippen LogP contribution in [0.2, 0.25) is 0 Å². The summed E-state index contributed by atoms with van der Waals surface area (Å²) in [5.74, 6) is 7.39. The van der Waals surface area contributed by atoms with Crippen LogP contribution in [0.5, 0.6) is 0 Å². The molecule has 0 radical (unpaired) electrons. The molecule has 2 unspecified atom stereocenters. The van der Waals surface area contributed by atoms with Gasteiger partial charge in [-0.15, -0.1) is 0 Å². The summed E-state index contributed by atoms with van der Waals surface area (Å²) in [6, 6.07) is 0.695. The van der Waals surface area contributed by atoms with Crippen molar-refractivity contribution in [3.8, 4) is 0 Å². The summed E-state index contributed by atoms with van der Waals surface area (Å²) in [7, 11) is 0. The summed E-state index contributed by atoms with van der Waals surface area (Å²) in [6.07, 6.45) is 7.88. The summed E-state index contributed by atoms with van der Waals surface area (Å²) < 4.78 is 0. The molecule has 16 heavy (non-hydrogen) atoms. The number of nitrogens with two attached hydrogens (primary N) is 1. The Morgan fingerprint density at radius 2 is 2.19 bits per heavy atom. The molecular formula is C12H24N4. The van der Waals surface area contributed by atoms with Gasteiger partial charge in [-0.25, -0.2) is 5.84 Å². The van der Waals surface area contributed by atoms with Crippen LogP contribution < -0.4 is 11.3 Å². The first-order chi connectivity index (χ1) is 7.86. The molecule has 1 heterocycles. The first kappa shape index (κ1) is 11.7. The lowest BCUT2D eigenvalue weighted by molar-refractivity contribution is 0.249. The van der Waals surface area contributed by atoms with E-state index < -0.39 is 0 Å². The van der Waals surface area contributed by atoms with Gasteiger partial charge in [-0.05, 0) is 31.6 Å². The van der Waals surface area contributed by atoms with Crippen molar-refractivity contribution in [3.63, 3.8) is 0 Å². The number of nitrogens with zero attached hydrogens (tertiary/aromatic N) is 2. The van der Waals surface area contributed by atoms with Crippen LogP contribution in [0.15, 0.2) is 4.99 Å². The first-order valence-electron chi connectivity index (χ1n) is 6.64. The third-order valence-electron chi connectivity index (χ3n) is 3.90. The Hall–Kier alpha value is -0.770. The highest BCUT2D eigenvalue weighted by Gasteiger charge is 2.36. The maximum atomic E-state index is 5.59. The molecule has 1 aliphatic heterocycles. The highest BCUT2D eigenvalue weighted by atomic mass is 15.4. The summed E-state index contributed by atoms with van der Waals surface area (Å²) in [4.78, 5) is 6.94. The molecule has 2 fully saturated rings. The van der Waals surface area contributed by atoms with E-state index in [0.29, 0.717) is 6.04 Å². The van der Waals surface area contributed by atoms with Crippen molar-refractivity contribution < 1.29 is 0 Å². The summed E-state index contributed by atoms with van der Waals surface area (Å²) in [5.41, 5.74) is 2.79. The molecule has 0 spiro atoms. The molecule has 2 rings (SSSR count). The number of rotatable bonds is 2. The second-order valence-electron chi connectivity index (χ2n) is 4.94. The molecule has 0 amide bonds. The minimum absolute atomic E-state index is 0.695. The normalized spacial score (nSPS) is 30.4. The van der Waals surface area contributed by atoms with Crippen molar-refractivity contribution in [2.24, 2.45) is 16.8 Å². The number of hydrogen-bond acceptors (Lipinski definition) is 2. The molecule has 1 saturated carbocycles. The van der Waals surface area contributed by atoms with Gasteiger partial charge in [0.25, 0.3) is 0 Å². The Balaban J connectivity index is 2.02.